The normalized spacial score (nSPS) is 25.3. The van der Waals surface area contributed by atoms with Crippen molar-refractivity contribution in [1.29, 1.82) is 0 Å². The predicted octanol–water partition coefficient (Wildman–Crippen LogP) is 2.70. The average molecular weight is 505 g/mol. The molecular weight excluding hydrogens is 460 g/mol. The number of likely N-dealkylation sites (tertiary alicyclic amines) is 1. The lowest BCUT2D eigenvalue weighted by Gasteiger charge is -2.58. The summed E-state index contributed by atoms with van der Waals surface area (Å²) >= 11 is 0. The third kappa shape index (κ3) is 6.85. The number of carbonyl (C=O) groups excluding carboxylic acids is 1. The molecule has 0 spiro atoms. The molecule has 2 N–H and O–H groups in total. The molecule has 2 bridgehead atoms. The molecular formula is C28H44N2O6. The number of nitrogens with two attached hydrogens (primary N) is 1. The van der Waals surface area contributed by atoms with Gasteiger partial charge in [0.1, 0.15) is 5.75 Å². The summed E-state index contributed by atoms with van der Waals surface area (Å²) in [5, 5.41) is 0. The number of piperidine rings is 1. The number of nitrogens with zero attached hydrogens (tertiary/aromatic N) is 1. The standard InChI is InChI=1S/C28H44N2O6/c1-30-11-9-28-8-3-2-4-24(28)26(30)20-22-5-6-23(21-25(22)28)36-27(31)7-12-32-14-16-34-18-19-35-17-15-33-13-10-29/h5-6,21,24,26H,2-4,7-20,29H2,1H3/t24-,26+,28+/m0/s1. The molecule has 2 aliphatic carbocycles. The number of hydrogen-bond donors (Lipinski definition) is 1. The highest BCUT2D eigenvalue weighted by Gasteiger charge is 2.53. The number of likely N-dealkylation sites (N-methyl/N-ethyl adjacent to an activating group) is 1. The molecule has 1 saturated heterocycles. The minimum absolute atomic E-state index is 0.226. The van der Waals surface area contributed by atoms with E-state index in [0.29, 0.717) is 71.2 Å². The maximum absolute atomic E-state index is 12.4. The summed E-state index contributed by atoms with van der Waals surface area (Å²) in [6, 6.07) is 6.98. The fourth-order valence-corrected chi connectivity index (χ4v) is 6.42. The van der Waals surface area contributed by atoms with Crippen molar-refractivity contribution in [3.63, 3.8) is 0 Å². The van der Waals surface area contributed by atoms with E-state index in [1.165, 1.54) is 43.2 Å². The lowest BCUT2D eigenvalue weighted by Crippen LogP contribution is -2.59. The summed E-state index contributed by atoms with van der Waals surface area (Å²) in [5.41, 5.74) is 8.50. The van der Waals surface area contributed by atoms with Crippen LogP contribution in [0.1, 0.15) is 49.7 Å². The van der Waals surface area contributed by atoms with E-state index in [1.807, 2.05) is 6.07 Å². The SMILES string of the molecule is CN1CC[C@]23CCCC[C@H]2[C@H]1Cc1ccc(OC(=O)CCOCCOCCOCCOCCN)cc13. The number of fused-ring (bicyclic) bond motifs is 1. The Bertz CT molecular complexity index is 836. The first-order valence-electron chi connectivity index (χ1n) is 13.7. The van der Waals surface area contributed by atoms with Crippen LogP contribution in [0.25, 0.3) is 0 Å². The molecule has 2 fully saturated rings. The monoisotopic (exact) mass is 504 g/mol. The van der Waals surface area contributed by atoms with Crippen LogP contribution in [-0.2, 0) is 35.6 Å². The van der Waals surface area contributed by atoms with Gasteiger partial charge in [-0.25, -0.2) is 0 Å². The summed E-state index contributed by atoms with van der Waals surface area (Å²) in [5.74, 6) is 1.14. The van der Waals surface area contributed by atoms with Crippen molar-refractivity contribution in [3.8, 4) is 5.75 Å². The van der Waals surface area contributed by atoms with Crippen LogP contribution in [0.15, 0.2) is 18.2 Å². The molecule has 36 heavy (non-hydrogen) atoms. The molecule has 0 radical (unpaired) electrons. The molecule has 8 heteroatoms. The van der Waals surface area contributed by atoms with E-state index in [2.05, 4.69) is 24.1 Å². The van der Waals surface area contributed by atoms with Crippen LogP contribution < -0.4 is 10.5 Å². The second-order valence-corrected chi connectivity index (χ2v) is 10.3. The van der Waals surface area contributed by atoms with E-state index in [0.717, 1.165) is 18.9 Å². The zero-order chi connectivity index (χ0) is 25.2. The van der Waals surface area contributed by atoms with Gasteiger partial charge in [0.05, 0.1) is 59.3 Å². The third-order valence-corrected chi connectivity index (χ3v) is 8.15. The van der Waals surface area contributed by atoms with Crippen LogP contribution >= 0.6 is 0 Å². The number of ether oxygens (including phenoxy) is 5. The summed E-state index contributed by atoms with van der Waals surface area (Å²) in [7, 11) is 2.29. The molecule has 1 aromatic carbocycles. The maximum Gasteiger partial charge on any atom is 0.313 e. The third-order valence-electron chi connectivity index (χ3n) is 8.15. The highest BCUT2D eigenvalue weighted by atomic mass is 16.6. The van der Waals surface area contributed by atoms with Crippen LogP contribution in [0.5, 0.6) is 5.75 Å². The zero-order valence-corrected chi connectivity index (χ0v) is 21.9. The minimum Gasteiger partial charge on any atom is -0.426 e. The Morgan fingerprint density at radius 1 is 0.972 bits per heavy atom. The first-order valence-corrected chi connectivity index (χ1v) is 13.7. The number of esters is 1. The van der Waals surface area contributed by atoms with E-state index in [1.54, 1.807) is 0 Å². The highest BCUT2D eigenvalue weighted by Crippen LogP contribution is 2.55. The van der Waals surface area contributed by atoms with Gasteiger partial charge in [-0.1, -0.05) is 18.9 Å². The molecule has 202 valence electrons. The van der Waals surface area contributed by atoms with Gasteiger partial charge in [0.25, 0.3) is 0 Å². The van der Waals surface area contributed by atoms with E-state index in [-0.39, 0.29) is 17.8 Å². The predicted molar refractivity (Wildman–Crippen MR) is 137 cm³/mol. The molecule has 1 aromatic rings. The van der Waals surface area contributed by atoms with Gasteiger partial charge in [-0.3, -0.25) is 4.79 Å². The minimum atomic E-state index is -0.254. The van der Waals surface area contributed by atoms with Gasteiger partial charge in [-0.05, 0) is 68.5 Å². The van der Waals surface area contributed by atoms with Gasteiger partial charge in [0.15, 0.2) is 0 Å². The van der Waals surface area contributed by atoms with Gasteiger partial charge in [-0.2, -0.15) is 0 Å². The fraction of sp³-hybridized carbons (Fsp3) is 0.750. The molecule has 8 nitrogen and oxygen atoms in total. The highest BCUT2D eigenvalue weighted by molar-refractivity contribution is 5.72. The fourth-order valence-electron chi connectivity index (χ4n) is 6.42. The van der Waals surface area contributed by atoms with Gasteiger partial charge >= 0.3 is 5.97 Å². The number of rotatable bonds is 15. The Balaban J connectivity index is 1.14. The Morgan fingerprint density at radius 2 is 1.67 bits per heavy atom. The van der Waals surface area contributed by atoms with E-state index >= 15 is 0 Å². The second kappa shape index (κ2) is 13.8. The van der Waals surface area contributed by atoms with Gasteiger partial charge in [0.2, 0.25) is 0 Å². The number of carbonyl (C=O) groups is 1. The molecule has 0 amide bonds. The van der Waals surface area contributed by atoms with Crippen molar-refractivity contribution in [2.75, 3.05) is 73.0 Å². The number of benzene rings is 1. The summed E-state index contributed by atoms with van der Waals surface area (Å²) in [6.07, 6.45) is 7.76. The molecule has 1 saturated carbocycles. The van der Waals surface area contributed by atoms with Gasteiger partial charge in [0, 0.05) is 18.0 Å². The van der Waals surface area contributed by atoms with Crippen molar-refractivity contribution < 1.29 is 28.5 Å². The Hall–Kier alpha value is -1.55. The molecule has 3 atom stereocenters. The van der Waals surface area contributed by atoms with Gasteiger partial charge in [-0.15, -0.1) is 0 Å². The quantitative estimate of drug-likeness (QED) is 0.221. The zero-order valence-electron chi connectivity index (χ0n) is 21.9. The van der Waals surface area contributed by atoms with Crippen LogP contribution in [0.4, 0.5) is 0 Å². The van der Waals surface area contributed by atoms with Crippen molar-refractivity contribution in [2.24, 2.45) is 11.7 Å². The topological polar surface area (TPSA) is 92.5 Å². The van der Waals surface area contributed by atoms with Gasteiger partial charge < -0.3 is 34.3 Å². The van der Waals surface area contributed by atoms with Crippen LogP contribution in [0.2, 0.25) is 0 Å². The first-order chi connectivity index (χ1) is 17.6. The maximum atomic E-state index is 12.4. The molecule has 1 heterocycles. The lowest BCUT2D eigenvalue weighted by molar-refractivity contribution is -0.135. The largest absolute Gasteiger partial charge is 0.426 e. The van der Waals surface area contributed by atoms with Crippen molar-refractivity contribution in [3.05, 3.63) is 29.3 Å². The lowest BCUT2D eigenvalue weighted by atomic mass is 9.52. The summed E-state index contributed by atoms with van der Waals surface area (Å²) < 4.78 is 27.4. The Labute approximate surface area is 215 Å². The van der Waals surface area contributed by atoms with Crippen molar-refractivity contribution in [2.45, 2.75) is 56.4 Å². The molecule has 1 aliphatic heterocycles. The van der Waals surface area contributed by atoms with Crippen molar-refractivity contribution in [1.82, 2.24) is 4.90 Å². The summed E-state index contributed by atoms with van der Waals surface area (Å²) in [6.45, 7) is 5.54. The average Bonchev–Trinajstić information content (AvgIpc) is 2.89. The second-order valence-electron chi connectivity index (χ2n) is 10.3. The number of hydrogen-bond acceptors (Lipinski definition) is 8. The molecule has 3 aliphatic rings. The smallest absolute Gasteiger partial charge is 0.313 e. The van der Waals surface area contributed by atoms with E-state index in [4.69, 9.17) is 29.4 Å². The first kappa shape index (κ1) is 27.5. The van der Waals surface area contributed by atoms with E-state index < -0.39 is 0 Å². The molecule has 0 aromatic heterocycles. The summed E-state index contributed by atoms with van der Waals surface area (Å²) in [4.78, 5) is 15.0. The van der Waals surface area contributed by atoms with Crippen LogP contribution in [-0.4, -0.2) is 89.9 Å². The van der Waals surface area contributed by atoms with E-state index in [9.17, 15) is 4.79 Å². The molecule has 4 rings (SSSR count). The molecule has 0 unspecified atom stereocenters. The van der Waals surface area contributed by atoms with Crippen LogP contribution in [0, 0.1) is 5.92 Å². The Morgan fingerprint density at radius 3 is 2.39 bits per heavy atom. The van der Waals surface area contributed by atoms with Crippen molar-refractivity contribution >= 4 is 5.97 Å². The Kier molecular flexibility index (Phi) is 10.6. The van der Waals surface area contributed by atoms with Crippen LogP contribution in [0.3, 0.4) is 0 Å².